The first-order chi connectivity index (χ1) is 25.3. The van der Waals surface area contributed by atoms with Crippen molar-refractivity contribution < 1.29 is 4.74 Å². The Morgan fingerprint density at radius 3 is 1.78 bits per heavy atom. The van der Waals surface area contributed by atoms with E-state index in [0.717, 1.165) is 67.1 Å². The van der Waals surface area contributed by atoms with E-state index in [4.69, 9.17) is 14.7 Å². The van der Waals surface area contributed by atoms with Gasteiger partial charge in [0.05, 0.1) is 22.1 Å². The Morgan fingerprint density at radius 2 is 1.04 bits per heavy atom. The number of nitrogens with zero attached hydrogens (tertiary/aromatic N) is 3. The van der Waals surface area contributed by atoms with Crippen molar-refractivity contribution >= 4 is 21.8 Å². The summed E-state index contributed by atoms with van der Waals surface area (Å²) in [5, 5.41) is 2.31. The van der Waals surface area contributed by atoms with Crippen LogP contribution in [0.5, 0.6) is 11.5 Å². The summed E-state index contributed by atoms with van der Waals surface area (Å²) in [7, 11) is 0. The zero-order chi connectivity index (χ0) is 33.5. The van der Waals surface area contributed by atoms with Gasteiger partial charge >= 0.3 is 0 Å². The van der Waals surface area contributed by atoms with Gasteiger partial charge in [-0.05, 0) is 40.5 Å². The first kappa shape index (κ1) is 28.1. The van der Waals surface area contributed by atoms with Crippen molar-refractivity contribution in [3.63, 3.8) is 0 Å². The van der Waals surface area contributed by atoms with Gasteiger partial charge < -0.3 is 4.74 Å². The van der Waals surface area contributed by atoms with Crippen LogP contribution in [0.2, 0.25) is 0 Å². The summed E-state index contributed by atoms with van der Waals surface area (Å²) >= 11 is 0. The molecule has 0 fully saturated rings. The van der Waals surface area contributed by atoms with E-state index in [1.54, 1.807) is 0 Å². The van der Waals surface area contributed by atoms with Gasteiger partial charge in [-0.3, -0.25) is 4.57 Å². The lowest BCUT2D eigenvalue weighted by atomic mass is 9.66. The second-order valence-corrected chi connectivity index (χ2v) is 13.3. The topological polar surface area (TPSA) is 39.9 Å². The molecule has 4 nitrogen and oxygen atoms in total. The minimum atomic E-state index is -0.537. The van der Waals surface area contributed by atoms with Crippen molar-refractivity contribution in [2.24, 2.45) is 0 Å². The average Bonchev–Trinajstić information content (AvgIpc) is 3.68. The molecule has 238 valence electrons. The number of para-hydroxylation sites is 2. The first-order valence-corrected chi connectivity index (χ1v) is 17.3. The molecule has 2 aromatic heterocycles. The number of hydrogen-bond donors (Lipinski definition) is 0. The van der Waals surface area contributed by atoms with Gasteiger partial charge in [-0.25, -0.2) is 9.97 Å². The molecular formula is C47H29N3O. The van der Waals surface area contributed by atoms with E-state index >= 15 is 0 Å². The summed E-state index contributed by atoms with van der Waals surface area (Å²) in [5.74, 6) is 3.20. The number of fused-ring (bicyclic) bond motifs is 12. The third kappa shape index (κ3) is 3.90. The summed E-state index contributed by atoms with van der Waals surface area (Å²) in [6, 6.07) is 62.2. The summed E-state index contributed by atoms with van der Waals surface area (Å²) in [6.07, 6.45) is 0. The third-order valence-electron chi connectivity index (χ3n) is 10.7. The van der Waals surface area contributed by atoms with Crippen LogP contribution in [0.1, 0.15) is 22.3 Å². The van der Waals surface area contributed by atoms with Crippen LogP contribution in [0.15, 0.2) is 176 Å². The van der Waals surface area contributed by atoms with E-state index in [1.165, 1.54) is 22.3 Å². The maximum atomic E-state index is 6.93. The van der Waals surface area contributed by atoms with Crippen molar-refractivity contribution in [1.29, 1.82) is 0 Å². The number of benzene rings is 7. The Labute approximate surface area is 294 Å². The minimum Gasteiger partial charge on any atom is -0.457 e. The molecule has 1 aliphatic heterocycles. The van der Waals surface area contributed by atoms with Crippen molar-refractivity contribution in [3.8, 4) is 51.1 Å². The zero-order valence-corrected chi connectivity index (χ0v) is 27.5. The summed E-state index contributed by atoms with van der Waals surface area (Å²) in [6.45, 7) is 0. The fourth-order valence-corrected chi connectivity index (χ4v) is 8.59. The van der Waals surface area contributed by atoms with Gasteiger partial charge in [0.15, 0.2) is 5.82 Å². The van der Waals surface area contributed by atoms with E-state index in [1.807, 2.05) is 24.3 Å². The van der Waals surface area contributed by atoms with Gasteiger partial charge in [-0.1, -0.05) is 146 Å². The van der Waals surface area contributed by atoms with Gasteiger partial charge in [0.1, 0.15) is 17.3 Å². The molecule has 0 amide bonds. The molecule has 3 heterocycles. The monoisotopic (exact) mass is 651 g/mol. The quantitative estimate of drug-likeness (QED) is 0.191. The van der Waals surface area contributed by atoms with Crippen LogP contribution in [0.3, 0.4) is 0 Å². The maximum absolute atomic E-state index is 6.93. The minimum absolute atomic E-state index is 0.537. The smallest absolute Gasteiger partial charge is 0.162 e. The van der Waals surface area contributed by atoms with E-state index in [2.05, 4.69) is 156 Å². The number of rotatable bonds is 3. The van der Waals surface area contributed by atoms with Crippen molar-refractivity contribution in [2.45, 2.75) is 5.41 Å². The molecule has 1 aliphatic carbocycles. The summed E-state index contributed by atoms with van der Waals surface area (Å²) < 4.78 is 9.21. The maximum Gasteiger partial charge on any atom is 0.162 e. The average molecular weight is 652 g/mol. The first-order valence-electron chi connectivity index (χ1n) is 17.3. The molecule has 11 rings (SSSR count). The number of ether oxygens (including phenoxy) is 1. The van der Waals surface area contributed by atoms with Crippen LogP contribution < -0.4 is 4.74 Å². The summed E-state index contributed by atoms with van der Waals surface area (Å²) in [5.41, 5.74) is 11.8. The lowest BCUT2D eigenvalue weighted by Crippen LogP contribution is -2.32. The molecule has 1 spiro atoms. The molecule has 0 saturated carbocycles. The third-order valence-corrected chi connectivity index (χ3v) is 10.7. The van der Waals surface area contributed by atoms with Crippen LogP contribution in [-0.4, -0.2) is 14.5 Å². The molecule has 2 aliphatic rings. The molecule has 51 heavy (non-hydrogen) atoms. The molecular weight excluding hydrogens is 623 g/mol. The standard InChI is InChI=1S/C47H29N3O/c1-3-15-30(16-4-1)40-28-45(49-46(48-40)31-17-5-2-6-18-31)50-41-25-13-9-21-34(41)35-27-39-44(29-42(35)50)51-43-26-14-12-24-38(43)47(39)36-22-10-7-19-32(36)33-20-8-11-23-37(33)47/h1-29H. The van der Waals surface area contributed by atoms with Crippen LogP contribution in [0.25, 0.3) is 61.4 Å². The van der Waals surface area contributed by atoms with Gasteiger partial charge in [0, 0.05) is 45.2 Å². The highest BCUT2D eigenvalue weighted by atomic mass is 16.5. The second kappa shape index (κ2) is 10.6. The van der Waals surface area contributed by atoms with E-state index in [9.17, 15) is 0 Å². The Kier molecular flexibility index (Phi) is 5.84. The van der Waals surface area contributed by atoms with Crippen LogP contribution >= 0.6 is 0 Å². The molecule has 0 bridgehead atoms. The Bertz CT molecular complexity index is 2730. The highest BCUT2D eigenvalue weighted by Gasteiger charge is 2.51. The predicted octanol–water partition coefficient (Wildman–Crippen LogP) is 11.4. The molecule has 4 heteroatoms. The van der Waals surface area contributed by atoms with Crippen LogP contribution in [0.4, 0.5) is 0 Å². The van der Waals surface area contributed by atoms with E-state index in [-0.39, 0.29) is 0 Å². The SMILES string of the molecule is c1ccc(-c2cc(-n3c4ccccc4c4cc5c(cc43)Oc3ccccc3C53c4ccccc4-c4ccccc43)nc(-c3ccccc3)n2)cc1. The van der Waals surface area contributed by atoms with Gasteiger partial charge in [-0.2, -0.15) is 0 Å². The van der Waals surface area contributed by atoms with Gasteiger partial charge in [0.25, 0.3) is 0 Å². The number of hydrogen-bond acceptors (Lipinski definition) is 3. The number of aromatic nitrogens is 3. The van der Waals surface area contributed by atoms with Crippen LogP contribution in [-0.2, 0) is 5.41 Å². The Morgan fingerprint density at radius 1 is 0.431 bits per heavy atom. The Balaban J connectivity index is 1.24. The van der Waals surface area contributed by atoms with E-state index in [0.29, 0.717) is 5.82 Å². The molecule has 0 N–H and O–H groups in total. The second-order valence-electron chi connectivity index (χ2n) is 13.3. The highest BCUT2D eigenvalue weighted by molar-refractivity contribution is 6.10. The predicted molar refractivity (Wildman–Crippen MR) is 205 cm³/mol. The summed E-state index contributed by atoms with van der Waals surface area (Å²) in [4.78, 5) is 10.3. The lowest BCUT2D eigenvalue weighted by molar-refractivity contribution is 0.437. The zero-order valence-electron chi connectivity index (χ0n) is 27.5. The molecule has 0 radical (unpaired) electrons. The largest absolute Gasteiger partial charge is 0.457 e. The normalized spacial score (nSPS) is 13.4. The fourth-order valence-electron chi connectivity index (χ4n) is 8.59. The molecule has 0 atom stereocenters. The van der Waals surface area contributed by atoms with Gasteiger partial charge in [-0.15, -0.1) is 0 Å². The van der Waals surface area contributed by atoms with Crippen molar-refractivity contribution in [1.82, 2.24) is 14.5 Å². The Hall–Kier alpha value is -6.78. The van der Waals surface area contributed by atoms with Crippen molar-refractivity contribution in [3.05, 3.63) is 198 Å². The lowest BCUT2D eigenvalue weighted by Gasteiger charge is -2.39. The van der Waals surface area contributed by atoms with E-state index < -0.39 is 5.41 Å². The highest BCUT2D eigenvalue weighted by Crippen LogP contribution is 2.62. The fraction of sp³-hybridized carbons (Fsp3) is 0.0213. The molecule has 0 saturated heterocycles. The molecule has 7 aromatic carbocycles. The molecule has 9 aromatic rings. The van der Waals surface area contributed by atoms with Crippen molar-refractivity contribution in [2.75, 3.05) is 0 Å². The van der Waals surface area contributed by atoms with Gasteiger partial charge in [0.2, 0.25) is 0 Å². The van der Waals surface area contributed by atoms with Crippen LogP contribution in [0, 0.1) is 0 Å². The molecule has 0 unspecified atom stereocenters.